The lowest BCUT2D eigenvalue weighted by molar-refractivity contribution is -0.253. The van der Waals surface area contributed by atoms with Gasteiger partial charge in [0.1, 0.15) is 12.4 Å². The molecule has 0 heterocycles. The Morgan fingerprint density at radius 1 is 1.20 bits per heavy atom. The monoisotopic (exact) mass is 303 g/mol. The molecule has 0 unspecified atom stereocenters. The second-order valence-electron chi connectivity index (χ2n) is 3.93. The van der Waals surface area contributed by atoms with Gasteiger partial charge < -0.3 is 15.6 Å². The molecule has 1 rings (SSSR count). The first-order chi connectivity index (χ1) is 9.10. The van der Waals surface area contributed by atoms with Crippen LogP contribution in [0.5, 0.6) is 5.75 Å². The van der Waals surface area contributed by atoms with E-state index in [-0.39, 0.29) is 5.56 Å². The van der Waals surface area contributed by atoms with Crippen molar-refractivity contribution in [2.24, 2.45) is 5.73 Å². The Balaban J connectivity index is 2.97. The van der Waals surface area contributed by atoms with Crippen molar-refractivity contribution < 1.29 is 36.2 Å². The minimum absolute atomic E-state index is 0.341. The second-order valence-corrected chi connectivity index (χ2v) is 3.93. The fourth-order valence-corrected chi connectivity index (χ4v) is 1.32. The molecule has 0 aliphatic heterocycles. The summed E-state index contributed by atoms with van der Waals surface area (Å²) in [7, 11) is 0. The molecule has 3 nitrogen and oxygen atoms in total. The normalized spacial score (nSPS) is 14.4. The van der Waals surface area contributed by atoms with Crippen LogP contribution in [0.25, 0.3) is 0 Å². The van der Waals surface area contributed by atoms with Crippen LogP contribution >= 0.6 is 0 Å². The maximum absolute atomic E-state index is 13.1. The standard InChI is InChI=1S/C11H11F6NO2/c12-9(13)11(16,17)20-7-3-1-2-6(4-7)8(18)10(14,15)5-19/h1-4,8-9,19H,5,18H2/t8-/m0/s1. The first kappa shape index (κ1) is 16.6. The fourth-order valence-electron chi connectivity index (χ4n) is 1.32. The summed E-state index contributed by atoms with van der Waals surface area (Å²) in [5.41, 5.74) is 4.83. The SMILES string of the molecule is N[C@@H](c1cccc(OC(F)(F)C(F)F)c1)C(F)(F)CO. The maximum Gasteiger partial charge on any atom is 0.461 e. The molecule has 0 fully saturated rings. The van der Waals surface area contributed by atoms with Gasteiger partial charge in [-0.3, -0.25) is 0 Å². The zero-order valence-corrected chi connectivity index (χ0v) is 9.87. The Hall–Kier alpha value is -1.48. The van der Waals surface area contributed by atoms with E-state index in [0.717, 1.165) is 18.2 Å². The molecule has 0 aliphatic carbocycles. The average Bonchev–Trinajstić information content (AvgIpc) is 2.37. The van der Waals surface area contributed by atoms with Gasteiger partial charge in [0.2, 0.25) is 0 Å². The van der Waals surface area contributed by atoms with Gasteiger partial charge in [-0.1, -0.05) is 12.1 Å². The van der Waals surface area contributed by atoms with Crippen molar-refractivity contribution in [3.63, 3.8) is 0 Å². The van der Waals surface area contributed by atoms with Gasteiger partial charge in [-0.05, 0) is 17.7 Å². The molecule has 1 atom stereocenters. The zero-order chi connectivity index (χ0) is 15.6. The van der Waals surface area contributed by atoms with E-state index in [1.165, 1.54) is 0 Å². The van der Waals surface area contributed by atoms with Gasteiger partial charge in [0.05, 0.1) is 6.04 Å². The quantitative estimate of drug-likeness (QED) is 0.794. The molecule has 0 saturated carbocycles. The number of halogens is 6. The van der Waals surface area contributed by atoms with E-state index in [4.69, 9.17) is 10.8 Å². The molecule has 1 aromatic rings. The van der Waals surface area contributed by atoms with Crippen LogP contribution in [0.15, 0.2) is 24.3 Å². The summed E-state index contributed by atoms with van der Waals surface area (Å²) in [4.78, 5) is 0. The van der Waals surface area contributed by atoms with Crippen molar-refractivity contribution in [2.45, 2.75) is 24.5 Å². The summed E-state index contributed by atoms with van der Waals surface area (Å²) >= 11 is 0. The summed E-state index contributed by atoms with van der Waals surface area (Å²) in [5.74, 6) is -4.43. The number of alkyl halides is 6. The minimum Gasteiger partial charge on any atom is -0.428 e. The van der Waals surface area contributed by atoms with E-state index in [2.05, 4.69) is 4.74 Å². The Kier molecular flexibility index (Phi) is 4.87. The zero-order valence-electron chi connectivity index (χ0n) is 9.87. The number of ether oxygens (including phenoxy) is 1. The number of benzene rings is 1. The molecule has 9 heteroatoms. The van der Waals surface area contributed by atoms with Gasteiger partial charge in [-0.15, -0.1) is 0 Å². The van der Waals surface area contributed by atoms with Crippen molar-refractivity contribution in [1.82, 2.24) is 0 Å². The topological polar surface area (TPSA) is 55.5 Å². The van der Waals surface area contributed by atoms with E-state index in [0.29, 0.717) is 6.07 Å². The van der Waals surface area contributed by atoms with Crippen LogP contribution in [0.3, 0.4) is 0 Å². The van der Waals surface area contributed by atoms with Crippen molar-refractivity contribution in [3.8, 4) is 5.75 Å². The van der Waals surface area contributed by atoms with Gasteiger partial charge >= 0.3 is 12.5 Å². The average molecular weight is 303 g/mol. The van der Waals surface area contributed by atoms with Crippen LogP contribution in [0.4, 0.5) is 26.3 Å². The first-order valence-electron chi connectivity index (χ1n) is 5.29. The van der Waals surface area contributed by atoms with Crippen LogP contribution in [0, 0.1) is 0 Å². The smallest absolute Gasteiger partial charge is 0.428 e. The first-order valence-corrected chi connectivity index (χ1v) is 5.29. The minimum atomic E-state index is -4.75. The Labute approximate surface area is 109 Å². The van der Waals surface area contributed by atoms with Crippen molar-refractivity contribution in [1.29, 1.82) is 0 Å². The molecule has 3 N–H and O–H groups in total. The van der Waals surface area contributed by atoms with Crippen LogP contribution in [0.2, 0.25) is 0 Å². The number of nitrogens with two attached hydrogens (primary N) is 1. The Bertz CT molecular complexity index is 454. The van der Waals surface area contributed by atoms with Gasteiger partial charge in [0, 0.05) is 0 Å². The largest absolute Gasteiger partial charge is 0.461 e. The molecule has 0 radical (unpaired) electrons. The lowest BCUT2D eigenvalue weighted by atomic mass is 10.0. The fraction of sp³-hybridized carbons (Fsp3) is 0.455. The third kappa shape index (κ3) is 3.76. The van der Waals surface area contributed by atoms with E-state index in [1.54, 1.807) is 0 Å². The van der Waals surface area contributed by atoms with Crippen LogP contribution in [0.1, 0.15) is 11.6 Å². The summed E-state index contributed by atoms with van der Waals surface area (Å²) < 4.78 is 79.3. The van der Waals surface area contributed by atoms with Crippen LogP contribution in [-0.2, 0) is 0 Å². The maximum atomic E-state index is 13.1. The molecular formula is C11H11F6NO2. The molecule has 0 bridgehead atoms. The van der Waals surface area contributed by atoms with Crippen LogP contribution in [-0.4, -0.2) is 30.2 Å². The number of rotatable bonds is 6. The predicted octanol–water partition coefficient (Wildman–Crippen LogP) is 2.55. The third-order valence-electron chi connectivity index (χ3n) is 2.39. The van der Waals surface area contributed by atoms with Crippen molar-refractivity contribution >= 4 is 0 Å². The predicted molar refractivity (Wildman–Crippen MR) is 57.0 cm³/mol. The number of hydrogen-bond acceptors (Lipinski definition) is 3. The van der Waals surface area contributed by atoms with Gasteiger partial charge in [0.15, 0.2) is 0 Å². The van der Waals surface area contributed by atoms with Gasteiger partial charge in [-0.2, -0.15) is 17.6 Å². The van der Waals surface area contributed by atoms with Crippen molar-refractivity contribution in [3.05, 3.63) is 29.8 Å². The molecule has 0 aromatic heterocycles. The lowest BCUT2D eigenvalue weighted by Gasteiger charge is -2.23. The third-order valence-corrected chi connectivity index (χ3v) is 2.39. The number of aliphatic hydroxyl groups excluding tert-OH is 1. The molecule has 0 amide bonds. The Morgan fingerprint density at radius 2 is 1.80 bits per heavy atom. The highest BCUT2D eigenvalue weighted by molar-refractivity contribution is 5.31. The summed E-state index contributed by atoms with van der Waals surface area (Å²) in [5, 5.41) is 8.47. The summed E-state index contributed by atoms with van der Waals surface area (Å²) in [6, 6.07) is 1.70. The molecular weight excluding hydrogens is 292 g/mol. The summed E-state index contributed by atoms with van der Waals surface area (Å²) in [6.45, 7) is -1.55. The van der Waals surface area contributed by atoms with Gasteiger partial charge in [0.25, 0.3) is 5.92 Å². The molecule has 1 aromatic carbocycles. The van der Waals surface area contributed by atoms with E-state index in [9.17, 15) is 26.3 Å². The summed E-state index contributed by atoms with van der Waals surface area (Å²) in [6.07, 6.45) is -8.82. The Morgan fingerprint density at radius 3 is 2.30 bits per heavy atom. The molecule has 114 valence electrons. The second kappa shape index (κ2) is 5.88. The highest BCUT2D eigenvalue weighted by Crippen LogP contribution is 2.32. The molecule has 0 aliphatic rings. The van der Waals surface area contributed by atoms with Crippen LogP contribution < -0.4 is 10.5 Å². The van der Waals surface area contributed by atoms with E-state index in [1.807, 2.05) is 0 Å². The highest BCUT2D eigenvalue weighted by Gasteiger charge is 2.44. The highest BCUT2D eigenvalue weighted by atomic mass is 19.3. The number of aliphatic hydroxyl groups is 1. The van der Waals surface area contributed by atoms with Gasteiger partial charge in [-0.25, -0.2) is 8.78 Å². The molecule has 0 saturated heterocycles. The lowest BCUT2D eigenvalue weighted by Crippen LogP contribution is -2.36. The van der Waals surface area contributed by atoms with Crippen molar-refractivity contribution in [2.75, 3.05) is 6.61 Å². The molecule has 0 spiro atoms. The van der Waals surface area contributed by atoms with E-state index < -0.39 is 36.9 Å². The van der Waals surface area contributed by atoms with E-state index >= 15 is 0 Å². The molecule has 20 heavy (non-hydrogen) atoms. The number of hydrogen-bond donors (Lipinski definition) is 2.